The number of nitro benzene ring substituents is 1. The van der Waals surface area contributed by atoms with E-state index in [4.69, 9.17) is 9.84 Å². The summed E-state index contributed by atoms with van der Waals surface area (Å²) < 4.78 is 5.38. The maximum absolute atomic E-state index is 11.0. The smallest absolute Gasteiger partial charge is 0.311 e. The first-order chi connectivity index (χ1) is 10.2. The zero-order chi connectivity index (χ0) is 15.2. The van der Waals surface area contributed by atoms with Gasteiger partial charge >= 0.3 is 5.69 Å². The van der Waals surface area contributed by atoms with Crippen molar-refractivity contribution in [1.82, 2.24) is 4.90 Å². The van der Waals surface area contributed by atoms with E-state index in [2.05, 4.69) is 9.80 Å². The number of aliphatic hydroxyl groups excluding tert-OH is 1. The van der Waals surface area contributed by atoms with Crippen LogP contribution in [0.15, 0.2) is 18.2 Å². The highest BCUT2D eigenvalue weighted by Gasteiger charge is 2.20. The molecule has 1 N–H and O–H groups in total. The van der Waals surface area contributed by atoms with Gasteiger partial charge in [0.05, 0.1) is 18.1 Å². The molecule has 1 heterocycles. The van der Waals surface area contributed by atoms with Crippen molar-refractivity contribution in [3.63, 3.8) is 0 Å². The van der Waals surface area contributed by atoms with Crippen molar-refractivity contribution < 1.29 is 14.8 Å². The molecule has 0 radical (unpaired) electrons. The lowest BCUT2D eigenvalue weighted by Crippen LogP contribution is -2.47. The second-order valence-corrected chi connectivity index (χ2v) is 4.89. The van der Waals surface area contributed by atoms with Gasteiger partial charge < -0.3 is 14.7 Å². The molecule has 0 spiro atoms. The van der Waals surface area contributed by atoms with Gasteiger partial charge in [-0.1, -0.05) is 0 Å². The van der Waals surface area contributed by atoms with Crippen molar-refractivity contribution in [3.05, 3.63) is 28.3 Å². The molecule has 7 heteroatoms. The van der Waals surface area contributed by atoms with E-state index < -0.39 is 4.92 Å². The number of hydrogen-bond donors (Lipinski definition) is 1. The number of nitrogens with zero attached hydrogens (tertiary/aromatic N) is 3. The van der Waals surface area contributed by atoms with Crippen LogP contribution in [0.3, 0.4) is 0 Å². The highest BCUT2D eigenvalue weighted by molar-refractivity contribution is 5.59. The van der Waals surface area contributed by atoms with E-state index in [1.54, 1.807) is 12.1 Å². The second-order valence-electron chi connectivity index (χ2n) is 4.89. The first kappa shape index (κ1) is 15.5. The molecular formula is C14H21N3O4. The normalized spacial score (nSPS) is 16.0. The largest absolute Gasteiger partial charge is 0.487 e. The predicted octanol–water partition coefficient (Wildman–Crippen LogP) is 1.11. The van der Waals surface area contributed by atoms with Crippen molar-refractivity contribution in [2.45, 2.75) is 6.92 Å². The third-order valence-electron chi connectivity index (χ3n) is 3.59. The summed E-state index contributed by atoms with van der Waals surface area (Å²) in [6.45, 7) is 6.50. The summed E-state index contributed by atoms with van der Waals surface area (Å²) in [6, 6.07) is 5.01. The SMILES string of the molecule is CCOc1cc(N2CCN(CCO)CC2)ccc1[N+](=O)[O-]. The summed E-state index contributed by atoms with van der Waals surface area (Å²) in [5, 5.41) is 19.9. The first-order valence-corrected chi connectivity index (χ1v) is 7.15. The molecule has 0 unspecified atom stereocenters. The minimum atomic E-state index is -0.423. The van der Waals surface area contributed by atoms with E-state index in [9.17, 15) is 10.1 Å². The van der Waals surface area contributed by atoms with E-state index in [-0.39, 0.29) is 12.3 Å². The van der Waals surface area contributed by atoms with E-state index in [1.807, 2.05) is 6.92 Å². The average Bonchev–Trinajstić information content (AvgIpc) is 2.48. The lowest BCUT2D eigenvalue weighted by Gasteiger charge is -2.35. The molecule has 7 nitrogen and oxygen atoms in total. The molecule has 0 atom stereocenters. The summed E-state index contributed by atoms with van der Waals surface area (Å²) in [4.78, 5) is 14.9. The zero-order valence-electron chi connectivity index (χ0n) is 12.2. The quantitative estimate of drug-likeness (QED) is 0.625. The number of ether oxygens (including phenoxy) is 1. The molecule has 1 aliphatic rings. The zero-order valence-corrected chi connectivity index (χ0v) is 12.2. The Kier molecular flexibility index (Phi) is 5.35. The van der Waals surface area contributed by atoms with E-state index in [0.717, 1.165) is 31.9 Å². The number of piperazine rings is 1. The molecular weight excluding hydrogens is 274 g/mol. The molecule has 1 aromatic rings. The molecule has 1 saturated heterocycles. The number of nitro groups is 1. The standard InChI is InChI=1S/C14H21N3O4/c1-2-21-14-11-12(3-4-13(14)17(19)20)16-7-5-15(6-8-16)9-10-18/h3-4,11,18H,2,5-10H2,1H3. The highest BCUT2D eigenvalue weighted by atomic mass is 16.6. The van der Waals surface area contributed by atoms with Crippen LogP contribution < -0.4 is 9.64 Å². The van der Waals surface area contributed by atoms with Gasteiger partial charge in [0.2, 0.25) is 0 Å². The molecule has 0 bridgehead atoms. The monoisotopic (exact) mass is 295 g/mol. The van der Waals surface area contributed by atoms with Crippen molar-refractivity contribution in [2.75, 3.05) is 50.8 Å². The van der Waals surface area contributed by atoms with Crippen LogP contribution >= 0.6 is 0 Å². The van der Waals surface area contributed by atoms with Gasteiger partial charge in [-0.2, -0.15) is 0 Å². The predicted molar refractivity (Wildman–Crippen MR) is 80.0 cm³/mol. The first-order valence-electron chi connectivity index (χ1n) is 7.15. The van der Waals surface area contributed by atoms with Gasteiger partial charge in [-0.15, -0.1) is 0 Å². The van der Waals surface area contributed by atoms with Gasteiger partial charge in [0.15, 0.2) is 5.75 Å². The van der Waals surface area contributed by atoms with E-state index in [1.165, 1.54) is 6.07 Å². The average molecular weight is 295 g/mol. The molecule has 0 aromatic heterocycles. The Bertz CT molecular complexity index is 487. The Balaban J connectivity index is 2.10. The number of aliphatic hydroxyl groups is 1. The molecule has 2 rings (SSSR count). The van der Waals surface area contributed by atoms with Crippen molar-refractivity contribution in [1.29, 1.82) is 0 Å². The molecule has 0 amide bonds. The topological polar surface area (TPSA) is 79.1 Å². The van der Waals surface area contributed by atoms with Crippen LogP contribution in [0.25, 0.3) is 0 Å². The van der Waals surface area contributed by atoms with Crippen LogP contribution in [-0.2, 0) is 0 Å². The number of anilines is 1. The number of β-amino-alcohol motifs (C(OH)–C–C–N with tert-alkyl or cyclic N) is 1. The fraction of sp³-hybridized carbons (Fsp3) is 0.571. The van der Waals surface area contributed by atoms with Crippen LogP contribution in [0, 0.1) is 10.1 Å². The van der Waals surface area contributed by atoms with Crippen LogP contribution in [0.1, 0.15) is 6.92 Å². The molecule has 1 fully saturated rings. The summed E-state index contributed by atoms with van der Waals surface area (Å²) in [5.41, 5.74) is 0.937. The Labute approximate surface area is 123 Å². The Hall–Kier alpha value is -1.86. The van der Waals surface area contributed by atoms with Gasteiger partial charge in [0.25, 0.3) is 0 Å². The van der Waals surface area contributed by atoms with Crippen LogP contribution in [-0.4, -0.2) is 60.9 Å². The number of rotatable bonds is 6. The van der Waals surface area contributed by atoms with Gasteiger partial charge in [0, 0.05) is 50.5 Å². The Morgan fingerprint density at radius 3 is 2.62 bits per heavy atom. The van der Waals surface area contributed by atoms with Crippen LogP contribution in [0.5, 0.6) is 5.75 Å². The van der Waals surface area contributed by atoms with Crippen molar-refractivity contribution in [3.8, 4) is 5.75 Å². The molecule has 21 heavy (non-hydrogen) atoms. The molecule has 116 valence electrons. The Morgan fingerprint density at radius 2 is 2.05 bits per heavy atom. The fourth-order valence-electron chi connectivity index (χ4n) is 2.49. The van der Waals surface area contributed by atoms with Gasteiger partial charge in [-0.3, -0.25) is 15.0 Å². The van der Waals surface area contributed by atoms with E-state index in [0.29, 0.717) is 18.9 Å². The molecule has 0 aliphatic carbocycles. The minimum Gasteiger partial charge on any atom is -0.487 e. The maximum Gasteiger partial charge on any atom is 0.311 e. The highest BCUT2D eigenvalue weighted by Crippen LogP contribution is 2.32. The van der Waals surface area contributed by atoms with E-state index >= 15 is 0 Å². The molecule has 0 saturated carbocycles. The van der Waals surface area contributed by atoms with Gasteiger partial charge in [-0.05, 0) is 13.0 Å². The molecule has 1 aromatic carbocycles. The Morgan fingerprint density at radius 1 is 1.33 bits per heavy atom. The second kappa shape index (κ2) is 7.24. The maximum atomic E-state index is 11.0. The number of benzene rings is 1. The lowest BCUT2D eigenvalue weighted by molar-refractivity contribution is -0.385. The van der Waals surface area contributed by atoms with Crippen molar-refractivity contribution >= 4 is 11.4 Å². The van der Waals surface area contributed by atoms with Gasteiger partial charge in [-0.25, -0.2) is 0 Å². The van der Waals surface area contributed by atoms with Crippen LogP contribution in [0.2, 0.25) is 0 Å². The van der Waals surface area contributed by atoms with Gasteiger partial charge in [0.1, 0.15) is 0 Å². The summed E-state index contributed by atoms with van der Waals surface area (Å²) in [6.07, 6.45) is 0. The fourth-order valence-corrected chi connectivity index (χ4v) is 2.49. The summed E-state index contributed by atoms with van der Waals surface area (Å²) in [7, 11) is 0. The van der Waals surface area contributed by atoms with Crippen LogP contribution in [0.4, 0.5) is 11.4 Å². The lowest BCUT2D eigenvalue weighted by atomic mass is 10.2. The summed E-state index contributed by atoms with van der Waals surface area (Å²) in [5.74, 6) is 0.317. The van der Waals surface area contributed by atoms with Crippen molar-refractivity contribution in [2.24, 2.45) is 0 Å². The molecule has 1 aliphatic heterocycles. The number of hydrogen-bond acceptors (Lipinski definition) is 6. The minimum absolute atomic E-state index is 0.000448. The third kappa shape index (κ3) is 3.83. The third-order valence-corrected chi connectivity index (χ3v) is 3.59. The summed E-state index contributed by atoms with van der Waals surface area (Å²) >= 11 is 0.